The highest BCUT2D eigenvalue weighted by atomic mass is 32.2. The summed E-state index contributed by atoms with van der Waals surface area (Å²) in [7, 11) is -3.04. The van der Waals surface area contributed by atoms with Crippen molar-refractivity contribution >= 4 is 9.84 Å². The first-order valence-electron chi connectivity index (χ1n) is 5.95. The molecule has 0 radical (unpaired) electrons. The van der Waals surface area contributed by atoms with Gasteiger partial charge in [0.1, 0.15) is 5.82 Å². The van der Waals surface area contributed by atoms with Gasteiger partial charge in [-0.15, -0.1) is 0 Å². The highest BCUT2D eigenvalue weighted by Gasteiger charge is 2.31. The molecule has 20 heavy (non-hydrogen) atoms. The van der Waals surface area contributed by atoms with E-state index < -0.39 is 27.4 Å². The first-order valence-corrected chi connectivity index (χ1v) is 7.77. The van der Waals surface area contributed by atoms with Crippen molar-refractivity contribution in [2.24, 2.45) is 0 Å². The third kappa shape index (κ3) is 3.92. The maximum absolute atomic E-state index is 13.2. The van der Waals surface area contributed by atoms with Gasteiger partial charge in [0.2, 0.25) is 0 Å². The van der Waals surface area contributed by atoms with Crippen LogP contribution in [-0.2, 0) is 22.6 Å². The molecule has 1 aliphatic rings. The second-order valence-electron chi connectivity index (χ2n) is 4.77. The standard InChI is InChI=1S/C12H13F4NO2S/c13-11-6-9(5-10(7-11)12(14,15)16)8-17-1-3-20(18,19)4-2-17/h5-7H,1-4,8H2. The van der Waals surface area contributed by atoms with E-state index in [-0.39, 0.29) is 36.7 Å². The fourth-order valence-corrected chi connectivity index (χ4v) is 3.35. The van der Waals surface area contributed by atoms with Crippen LogP contribution in [0.25, 0.3) is 0 Å². The number of benzene rings is 1. The normalized spacial score (nSPS) is 20.0. The first kappa shape index (κ1) is 15.2. The van der Waals surface area contributed by atoms with Crippen molar-refractivity contribution in [2.45, 2.75) is 12.7 Å². The van der Waals surface area contributed by atoms with Gasteiger partial charge < -0.3 is 0 Å². The molecule has 0 atom stereocenters. The molecule has 3 nitrogen and oxygen atoms in total. The summed E-state index contributed by atoms with van der Waals surface area (Å²) >= 11 is 0. The highest BCUT2D eigenvalue weighted by Crippen LogP contribution is 2.30. The smallest absolute Gasteiger partial charge is 0.297 e. The molecule has 0 aliphatic carbocycles. The summed E-state index contributed by atoms with van der Waals surface area (Å²) in [5.41, 5.74) is -0.839. The quantitative estimate of drug-likeness (QED) is 0.785. The SMILES string of the molecule is O=S1(=O)CCN(Cc2cc(F)cc(C(F)(F)F)c2)CC1. The molecule has 0 N–H and O–H groups in total. The van der Waals surface area contributed by atoms with Gasteiger partial charge in [0, 0.05) is 19.6 Å². The van der Waals surface area contributed by atoms with Crippen molar-refractivity contribution in [1.82, 2.24) is 4.90 Å². The van der Waals surface area contributed by atoms with Crippen LogP contribution in [0.4, 0.5) is 17.6 Å². The van der Waals surface area contributed by atoms with Gasteiger partial charge in [-0.2, -0.15) is 13.2 Å². The van der Waals surface area contributed by atoms with Crippen LogP contribution in [0.15, 0.2) is 18.2 Å². The Morgan fingerprint density at radius 2 is 1.70 bits per heavy atom. The van der Waals surface area contributed by atoms with Crippen LogP contribution < -0.4 is 0 Å². The topological polar surface area (TPSA) is 37.4 Å². The number of hydrogen-bond donors (Lipinski definition) is 0. The lowest BCUT2D eigenvalue weighted by Gasteiger charge is -2.26. The Kier molecular flexibility index (Phi) is 4.06. The molecule has 1 heterocycles. The first-order chi connectivity index (χ1) is 9.16. The lowest BCUT2D eigenvalue weighted by atomic mass is 10.1. The van der Waals surface area contributed by atoms with Crippen LogP contribution in [0.2, 0.25) is 0 Å². The van der Waals surface area contributed by atoms with E-state index in [1.807, 2.05) is 0 Å². The zero-order chi connectivity index (χ0) is 15.0. The van der Waals surface area contributed by atoms with Crippen molar-refractivity contribution in [3.63, 3.8) is 0 Å². The Morgan fingerprint density at radius 3 is 2.25 bits per heavy atom. The molecule has 0 aromatic heterocycles. The number of rotatable bonds is 2. The van der Waals surface area contributed by atoms with Gasteiger partial charge in [-0.05, 0) is 23.8 Å². The average Bonchev–Trinajstić information content (AvgIpc) is 2.30. The second-order valence-corrected chi connectivity index (χ2v) is 7.08. The summed E-state index contributed by atoms with van der Waals surface area (Å²) in [4.78, 5) is 1.70. The Labute approximate surface area is 114 Å². The van der Waals surface area contributed by atoms with E-state index in [2.05, 4.69) is 0 Å². The average molecular weight is 311 g/mol. The monoisotopic (exact) mass is 311 g/mol. The minimum absolute atomic E-state index is 0.0194. The highest BCUT2D eigenvalue weighted by molar-refractivity contribution is 7.91. The Bertz CT molecular complexity index is 584. The van der Waals surface area contributed by atoms with Gasteiger partial charge in [0.05, 0.1) is 17.1 Å². The molecule has 1 saturated heterocycles. The third-order valence-electron chi connectivity index (χ3n) is 3.13. The number of sulfone groups is 1. The van der Waals surface area contributed by atoms with E-state index in [4.69, 9.17) is 0 Å². The van der Waals surface area contributed by atoms with E-state index in [0.717, 1.165) is 12.1 Å². The maximum Gasteiger partial charge on any atom is 0.416 e. The minimum Gasteiger partial charge on any atom is -0.297 e. The predicted molar refractivity (Wildman–Crippen MR) is 65.3 cm³/mol. The maximum atomic E-state index is 13.2. The van der Waals surface area contributed by atoms with Gasteiger partial charge in [-0.3, -0.25) is 4.90 Å². The van der Waals surface area contributed by atoms with Crippen molar-refractivity contribution in [3.8, 4) is 0 Å². The molecule has 2 rings (SSSR count). The zero-order valence-electron chi connectivity index (χ0n) is 10.5. The van der Waals surface area contributed by atoms with Crippen LogP contribution in [0.3, 0.4) is 0 Å². The summed E-state index contributed by atoms with van der Waals surface area (Å²) in [6, 6.07) is 2.38. The van der Waals surface area contributed by atoms with Crippen molar-refractivity contribution in [3.05, 3.63) is 35.1 Å². The molecule has 112 valence electrons. The Hall–Kier alpha value is -1.15. The minimum atomic E-state index is -4.60. The number of alkyl halides is 3. The molecule has 1 aromatic rings. The van der Waals surface area contributed by atoms with Gasteiger partial charge >= 0.3 is 6.18 Å². The van der Waals surface area contributed by atoms with E-state index in [9.17, 15) is 26.0 Å². The fraction of sp³-hybridized carbons (Fsp3) is 0.500. The van der Waals surface area contributed by atoms with E-state index in [0.29, 0.717) is 6.07 Å². The van der Waals surface area contributed by atoms with Crippen molar-refractivity contribution in [2.75, 3.05) is 24.6 Å². The van der Waals surface area contributed by atoms with E-state index in [1.54, 1.807) is 4.90 Å². The molecular formula is C12H13F4NO2S. The number of hydrogen-bond acceptors (Lipinski definition) is 3. The lowest BCUT2D eigenvalue weighted by molar-refractivity contribution is -0.137. The zero-order valence-corrected chi connectivity index (χ0v) is 11.3. The lowest BCUT2D eigenvalue weighted by Crippen LogP contribution is -2.39. The Morgan fingerprint density at radius 1 is 1.10 bits per heavy atom. The summed E-state index contributed by atoms with van der Waals surface area (Å²) in [5, 5.41) is 0. The summed E-state index contributed by atoms with van der Waals surface area (Å²) < 4.78 is 73.4. The van der Waals surface area contributed by atoms with E-state index >= 15 is 0 Å². The molecule has 1 aromatic carbocycles. The molecule has 0 bridgehead atoms. The van der Waals surface area contributed by atoms with Gasteiger partial charge in [-0.1, -0.05) is 0 Å². The molecule has 1 aliphatic heterocycles. The van der Waals surface area contributed by atoms with E-state index in [1.165, 1.54) is 0 Å². The molecule has 0 spiro atoms. The predicted octanol–water partition coefficient (Wildman–Crippen LogP) is 2.07. The summed E-state index contributed by atoms with van der Waals surface area (Å²) in [6.07, 6.45) is -4.60. The second kappa shape index (κ2) is 5.33. The number of nitrogens with zero attached hydrogens (tertiary/aromatic N) is 1. The summed E-state index contributed by atoms with van der Waals surface area (Å²) in [6.45, 7) is 0.608. The molecule has 0 saturated carbocycles. The van der Waals surface area contributed by atoms with Crippen LogP contribution in [0.1, 0.15) is 11.1 Å². The number of halogens is 4. The van der Waals surface area contributed by atoms with Crippen molar-refractivity contribution in [1.29, 1.82) is 0 Å². The molecule has 1 fully saturated rings. The van der Waals surface area contributed by atoms with Crippen LogP contribution in [-0.4, -0.2) is 37.9 Å². The van der Waals surface area contributed by atoms with Crippen LogP contribution >= 0.6 is 0 Å². The van der Waals surface area contributed by atoms with Gasteiger partial charge in [-0.25, -0.2) is 12.8 Å². The molecular weight excluding hydrogens is 298 g/mol. The van der Waals surface area contributed by atoms with Crippen LogP contribution in [0, 0.1) is 5.82 Å². The third-order valence-corrected chi connectivity index (χ3v) is 4.74. The Balaban J connectivity index is 2.12. The molecule has 0 unspecified atom stereocenters. The molecule has 0 amide bonds. The fourth-order valence-electron chi connectivity index (χ4n) is 2.07. The molecule has 8 heteroatoms. The van der Waals surface area contributed by atoms with Crippen LogP contribution in [0.5, 0.6) is 0 Å². The van der Waals surface area contributed by atoms with Crippen molar-refractivity contribution < 1.29 is 26.0 Å². The summed E-state index contributed by atoms with van der Waals surface area (Å²) in [5.74, 6) is -0.984. The van der Waals surface area contributed by atoms with Gasteiger partial charge in [0.15, 0.2) is 9.84 Å². The van der Waals surface area contributed by atoms with Gasteiger partial charge in [0.25, 0.3) is 0 Å². The largest absolute Gasteiger partial charge is 0.416 e.